The van der Waals surface area contributed by atoms with E-state index in [0.717, 1.165) is 31.0 Å². The number of ketones is 4. The van der Waals surface area contributed by atoms with Crippen molar-refractivity contribution < 1.29 is 19.2 Å². The van der Waals surface area contributed by atoms with Crippen molar-refractivity contribution >= 4 is 79.6 Å². The first-order chi connectivity index (χ1) is 35.3. The van der Waals surface area contributed by atoms with Crippen molar-refractivity contribution in [2.24, 2.45) is 0 Å². The van der Waals surface area contributed by atoms with E-state index in [1.807, 2.05) is 36.4 Å². The number of benzene rings is 4. The number of hydrogen-bond donors (Lipinski definition) is 0. The van der Waals surface area contributed by atoms with Crippen LogP contribution in [-0.4, -0.2) is 23.1 Å². The Morgan fingerprint density at radius 3 is 0.878 bits per heavy atom. The minimum absolute atomic E-state index is 0.209. The third-order valence-electron chi connectivity index (χ3n) is 15.0. The topological polar surface area (TPSA) is 68.3 Å². The number of fused-ring (bicyclic) bond motifs is 2. The summed E-state index contributed by atoms with van der Waals surface area (Å²) in [7, 11) is 0. The summed E-state index contributed by atoms with van der Waals surface area (Å²) in [5.74, 6) is 1.19. The number of carbonyl (C=O) groups is 4. The molecule has 4 nitrogen and oxygen atoms in total. The van der Waals surface area contributed by atoms with Crippen LogP contribution in [-0.2, 0) is 12.8 Å². The lowest BCUT2D eigenvalue weighted by Gasteiger charge is -2.23. The SMILES string of the molecule is CC(C)c1cc(C(C)C)c(Cc2c/c(=c3/ccc(=C4C(=O)c5ccccc5C4=O)s3)s/c2=c2/s/c(=c3\ccc(=C4C(=O)c5ccccc5C4=O)s3)cc2Cc2c(C(C)C)cc(C(C)C)cc2C(C)C)c(C(C)C)c1. The van der Waals surface area contributed by atoms with Crippen LogP contribution in [0.1, 0.15) is 216 Å². The highest BCUT2D eigenvalue weighted by molar-refractivity contribution is 7.14. The maximum Gasteiger partial charge on any atom is 0.199 e. The van der Waals surface area contributed by atoms with Gasteiger partial charge in [-0.2, -0.15) is 0 Å². The second kappa shape index (κ2) is 20.3. The molecule has 4 aromatic heterocycles. The average Bonchev–Trinajstić information content (AvgIpc) is 4.24. The largest absolute Gasteiger partial charge is 0.288 e. The van der Waals surface area contributed by atoms with Gasteiger partial charge in [-0.25, -0.2) is 0 Å². The molecular weight excluding hydrogens is 985 g/mol. The van der Waals surface area contributed by atoms with Crippen molar-refractivity contribution in [3.8, 4) is 0 Å². The maximum atomic E-state index is 13.8. The molecule has 8 aromatic rings. The third kappa shape index (κ3) is 9.24. The molecule has 4 heterocycles. The zero-order chi connectivity index (χ0) is 52.6. The van der Waals surface area contributed by atoms with Crippen molar-refractivity contribution in [2.75, 3.05) is 0 Å². The van der Waals surface area contributed by atoms with Crippen LogP contribution in [0.4, 0.5) is 0 Å². The molecule has 0 saturated carbocycles. The minimum atomic E-state index is -0.209. The fraction of sp³-hybridized carbons (Fsp3) is 0.303. The zero-order valence-corrected chi connectivity index (χ0v) is 47.8. The highest BCUT2D eigenvalue weighted by Gasteiger charge is 2.35. The average molecular weight is 1050 g/mol. The molecule has 74 heavy (non-hydrogen) atoms. The number of hydrogen-bond acceptors (Lipinski definition) is 8. The van der Waals surface area contributed by atoms with Gasteiger partial charge in [-0.05, 0) is 140 Å². The van der Waals surface area contributed by atoms with Crippen LogP contribution in [0.25, 0.3) is 11.1 Å². The molecule has 0 radical (unpaired) electrons. The van der Waals surface area contributed by atoms with Crippen LogP contribution in [0, 0.1) is 27.2 Å². The first-order valence-corrected chi connectivity index (χ1v) is 29.5. The molecule has 2 aliphatic rings. The van der Waals surface area contributed by atoms with Gasteiger partial charge in [0.2, 0.25) is 0 Å². The van der Waals surface area contributed by atoms with Gasteiger partial charge >= 0.3 is 0 Å². The quantitative estimate of drug-likeness (QED) is 0.137. The number of carbonyl (C=O) groups excluding carboxylic acids is 4. The normalized spacial score (nSPS) is 15.2. The van der Waals surface area contributed by atoms with Gasteiger partial charge in [0.1, 0.15) is 0 Å². The molecule has 0 spiro atoms. The summed E-state index contributed by atoms with van der Waals surface area (Å²) < 4.78 is 8.04. The Morgan fingerprint density at radius 2 is 0.608 bits per heavy atom. The molecular formula is C66H64O4S4. The Bertz CT molecular complexity index is 3680. The first-order valence-electron chi connectivity index (χ1n) is 26.2. The molecule has 376 valence electrons. The predicted molar refractivity (Wildman–Crippen MR) is 310 cm³/mol. The molecule has 2 aliphatic carbocycles. The molecule has 4 aromatic carbocycles. The molecule has 0 unspecified atom stereocenters. The van der Waals surface area contributed by atoms with Crippen LogP contribution in [0.2, 0.25) is 0 Å². The molecule has 0 amide bonds. The van der Waals surface area contributed by atoms with Gasteiger partial charge in [-0.1, -0.05) is 156 Å². The van der Waals surface area contributed by atoms with Crippen molar-refractivity contribution in [2.45, 2.75) is 131 Å². The summed E-state index contributed by atoms with van der Waals surface area (Å²) in [5.41, 5.74) is 15.9. The maximum absolute atomic E-state index is 13.8. The molecule has 0 saturated heterocycles. The Balaban J connectivity index is 1.32. The van der Waals surface area contributed by atoms with Crippen molar-refractivity contribution in [3.63, 3.8) is 0 Å². The van der Waals surface area contributed by atoms with Gasteiger partial charge in [0.15, 0.2) is 23.1 Å². The van der Waals surface area contributed by atoms with Crippen molar-refractivity contribution in [1.29, 1.82) is 0 Å². The molecule has 0 atom stereocenters. The van der Waals surface area contributed by atoms with E-state index in [1.165, 1.54) is 87.4 Å². The van der Waals surface area contributed by atoms with E-state index < -0.39 is 0 Å². The Hall–Kier alpha value is -5.90. The molecule has 8 heteroatoms. The van der Waals surface area contributed by atoms with Gasteiger partial charge in [0.25, 0.3) is 0 Å². The van der Waals surface area contributed by atoms with Gasteiger partial charge in [-0.15, -0.1) is 45.3 Å². The van der Waals surface area contributed by atoms with E-state index in [0.29, 0.717) is 66.8 Å². The molecule has 0 aliphatic heterocycles. The Kier molecular flexibility index (Phi) is 14.2. The highest BCUT2D eigenvalue weighted by atomic mass is 32.1. The molecule has 0 fully saturated rings. The van der Waals surface area contributed by atoms with Crippen LogP contribution in [0.3, 0.4) is 0 Å². The standard InChI is InChI=1S/C66H64O4S4/c1-33(2)39-25-47(35(5)6)51(48(26-39)36(7)8)29-41-31-57(53-21-23-55(71-53)59-61(67)43-17-13-14-18-44(43)62(59)68)73-65(41)66-42(30-52-49(37(9)10)27-40(34(3)4)28-50(52)38(11)12)32-58(74-66)54-22-24-56(72-54)60-63(69)45-19-15-16-20-46(45)64(60)70/h13-28,31-38H,29-30H2,1-12H3/b57-53+,58-54+,66-65+. The van der Waals surface area contributed by atoms with E-state index in [9.17, 15) is 19.2 Å². The summed E-state index contributed by atoms with van der Waals surface area (Å²) in [4.78, 5) is 55.2. The van der Waals surface area contributed by atoms with Crippen LogP contribution in [0.5, 0.6) is 0 Å². The summed E-state index contributed by atoms with van der Waals surface area (Å²) in [5, 5.41) is 0. The monoisotopic (exact) mass is 1050 g/mol. The van der Waals surface area contributed by atoms with Crippen LogP contribution >= 0.6 is 45.3 Å². The molecule has 0 N–H and O–H groups in total. The summed E-state index contributed by atoms with van der Waals surface area (Å²) >= 11 is 6.63. The lowest BCUT2D eigenvalue weighted by molar-refractivity contribution is 0.101. The first kappa shape index (κ1) is 51.6. The minimum Gasteiger partial charge on any atom is -0.288 e. The highest BCUT2D eigenvalue weighted by Crippen LogP contribution is 2.38. The summed E-state index contributed by atoms with van der Waals surface area (Å²) in [6.45, 7) is 27.6. The van der Waals surface area contributed by atoms with Crippen molar-refractivity contribution in [3.05, 3.63) is 223 Å². The third-order valence-corrected chi connectivity index (χ3v) is 20.1. The van der Waals surface area contributed by atoms with E-state index in [4.69, 9.17) is 0 Å². The van der Waals surface area contributed by atoms with Crippen molar-refractivity contribution in [1.82, 2.24) is 0 Å². The number of Topliss-reactive ketones (excluding diaryl/α,β-unsaturated/α-hetero) is 4. The van der Waals surface area contributed by atoms with Crippen LogP contribution in [0.15, 0.2) is 109 Å². The van der Waals surface area contributed by atoms with Gasteiger partial charge in [-0.3, -0.25) is 19.2 Å². The lowest BCUT2D eigenvalue weighted by atomic mass is 9.82. The van der Waals surface area contributed by atoms with Gasteiger partial charge in [0, 0.05) is 58.5 Å². The number of rotatable bonds is 10. The smallest absolute Gasteiger partial charge is 0.199 e. The fourth-order valence-corrected chi connectivity index (χ4v) is 15.7. The fourth-order valence-electron chi connectivity index (χ4n) is 10.9. The number of thiophene rings is 4. The Labute approximate surface area is 450 Å². The zero-order valence-electron chi connectivity index (χ0n) is 44.5. The van der Waals surface area contributed by atoms with Gasteiger partial charge < -0.3 is 0 Å². The molecule has 0 bridgehead atoms. The second-order valence-corrected chi connectivity index (χ2v) is 26.3. The van der Waals surface area contributed by atoms with E-state index in [-0.39, 0.29) is 34.3 Å². The van der Waals surface area contributed by atoms with Crippen LogP contribution < -0.4 is 9.06 Å². The Morgan fingerprint density at radius 1 is 0.324 bits per heavy atom. The second-order valence-electron chi connectivity index (χ2n) is 22.1. The summed E-state index contributed by atoms with van der Waals surface area (Å²) in [6, 6.07) is 36.9. The summed E-state index contributed by atoms with van der Waals surface area (Å²) in [6.07, 6.45) is 1.48. The van der Waals surface area contributed by atoms with E-state index in [1.54, 1.807) is 46.9 Å². The molecule has 10 rings (SSSR count). The predicted octanol–water partition coefficient (Wildman–Crippen LogP) is 16.2. The van der Waals surface area contributed by atoms with Gasteiger partial charge in [0.05, 0.1) is 11.1 Å². The van der Waals surface area contributed by atoms with E-state index >= 15 is 0 Å². The van der Waals surface area contributed by atoms with E-state index in [2.05, 4.69) is 132 Å². The lowest BCUT2D eigenvalue weighted by Crippen LogP contribution is -2.10.